The number of rotatable bonds is 7. The number of hydrogen-bond donors (Lipinski definition) is 1. The second-order valence-corrected chi connectivity index (χ2v) is 5.93. The molecule has 0 spiro atoms. The second-order valence-electron chi connectivity index (χ2n) is 5.93. The zero-order valence-corrected chi connectivity index (χ0v) is 15.3. The molecule has 24 heavy (non-hydrogen) atoms. The Hall–Kier alpha value is -1.27. The first-order valence-electron chi connectivity index (χ1n) is 7.95. The Labute approximate surface area is 156 Å². The monoisotopic (exact) mass is 372 g/mol. The summed E-state index contributed by atoms with van der Waals surface area (Å²) in [5.74, 6) is 0.951. The molecule has 1 aromatic heterocycles. The Kier molecular flexibility index (Phi) is 9.14. The fraction of sp³-hybridized carbons (Fsp3) is 0.471. The number of halogens is 2. The molecule has 0 aliphatic carbocycles. The van der Waals surface area contributed by atoms with Crippen LogP contribution in [0, 0.1) is 0 Å². The SMILES string of the molecule is Cl.Cl.NC1CCN(Cc2cccc(OCCCn3ccnc3)c2)C1. The van der Waals surface area contributed by atoms with Crippen molar-refractivity contribution in [3.63, 3.8) is 0 Å². The number of imidazole rings is 1. The lowest BCUT2D eigenvalue weighted by Gasteiger charge is -2.16. The molecular formula is C17H26Cl2N4O. The van der Waals surface area contributed by atoms with Gasteiger partial charge in [-0.05, 0) is 30.5 Å². The first-order chi connectivity index (χ1) is 10.8. The van der Waals surface area contributed by atoms with Crippen LogP contribution in [0.5, 0.6) is 5.75 Å². The predicted molar refractivity (Wildman–Crippen MR) is 101 cm³/mol. The Morgan fingerprint density at radius 2 is 2.17 bits per heavy atom. The van der Waals surface area contributed by atoms with Crippen molar-refractivity contribution in [1.82, 2.24) is 14.5 Å². The van der Waals surface area contributed by atoms with Gasteiger partial charge in [-0.25, -0.2) is 4.98 Å². The molecular weight excluding hydrogens is 347 g/mol. The van der Waals surface area contributed by atoms with E-state index in [1.165, 1.54) is 5.56 Å². The van der Waals surface area contributed by atoms with E-state index >= 15 is 0 Å². The molecule has 1 fully saturated rings. The maximum absolute atomic E-state index is 5.96. The Bertz CT molecular complexity index is 580. The Balaban J connectivity index is 0.00000144. The normalized spacial score (nSPS) is 17.1. The summed E-state index contributed by atoms with van der Waals surface area (Å²) in [5.41, 5.74) is 7.25. The van der Waals surface area contributed by atoms with Crippen LogP contribution in [-0.2, 0) is 13.1 Å². The summed E-state index contributed by atoms with van der Waals surface area (Å²) in [5, 5.41) is 0. The van der Waals surface area contributed by atoms with Crippen LogP contribution >= 0.6 is 24.8 Å². The van der Waals surface area contributed by atoms with Gasteiger partial charge >= 0.3 is 0 Å². The Morgan fingerprint density at radius 3 is 2.88 bits per heavy atom. The smallest absolute Gasteiger partial charge is 0.119 e. The molecule has 1 saturated heterocycles. The molecule has 2 aromatic rings. The maximum Gasteiger partial charge on any atom is 0.119 e. The lowest BCUT2D eigenvalue weighted by molar-refractivity contribution is 0.299. The van der Waals surface area contributed by atoms with Gasteiger partial charge in [-0.15, -0.1) is 24.8 Å². The van der Waals surface area contributed by atoms with Crippen LogP contribution < -0.4 is 10.5 Å². The standard InChI is InChI=1S/C17H24N4O.2ClH/c18-16-5-8-21(13-16)12-15-3-1-4-17(11-15)22-10-2-7-20-9-6-19-14-20;;/h1,3-4,6,9,11,14,16H,2,5,7-8,10,12-13,18H2;2*1H. The molecule has 7 heteroatoms. The molecule has 1 atom stereocenters. The maximum atomic E-state index is 5.96. The summed E-state index contributed by atoms with van der Waals surface area (Å²) in [7, 11) is 0. The highest BCUT2D eigenvalue weighted by Gasteiger charge is 2.18. The topological polar surface area (TPSA) is 56.3 Å². The highest BCUT2D eigenvalue weighted by Crippen LogP contribution is 2.17. The van der Waals surface area contributed by atoms with Crippen LogP contribution in [-0.4, -0.2) is 40.2 Å². The van der Waals surface area contributed by atoms with Gasteiger partial charge in [0.05, 0.1) is 12.9 Å². The quantitative estimate of drug-likeness (QED) is 0.759. The molecule has 5 nitrogen and oxygen atoms in total. The number of ether oxygens (including phenoxy) is 1. The van der Waals surface area contributed by atoms with Crippen LogP contribution in [0.15, 0.2) is 43.0 Å². The summed E-state index contributed by atoms with van der Waals surface area (Å²) < 4.78 is 7.92. The van der Waals surface area contributed by atoms with E-state index in [1.54, 1.807) is 6.20 Å². The van der Waals surface area contributed by atoms with Gasteiger partial charge in [0.1, 0.15) is 5.75 Å². The van der Waals surface area contributed by atoms with Gasteiger partial charge in [0, 0.05) is 44.6 Å². The molecule has 3 rings (SSSR count). The summed E-state index contributed by atoms with van der Waals surface area (Å²) in [6.45, 7) is 4.70. The van der Waals surface area contributed by atoms with Crippen molar-refractivity contribution in [2.24, 2.45) is 5.73 Å². The minimum atomic E-state index is 0. The van der Waals surface area contributed by atoms with Crippen LogP contribution in [0.1, 0.15) is 18.4 Å². The van der Waals surface area contributed by atoms with Crippen molar-refractivity contribution >= 4 is 24.8 Å². The second kappa shape index (κ2) is 10.6. The molecule has 0 saturated carbocycles. The van der Waals surface area contributed by atoms with Crippen molar-refractivity contribution in [3.8, 4) is 5.75 Å². The number of hydrogen-bond acceptors (Lipinski definition) is 4. The van der Waals surface area contributed by atoms with E-state index in [2.05, 4.69) is 32.7 Å². The van der Waals surface area contributed by atoms with Crippen molar-refractivity contribution in [3.05, 3.63) is 48.5 Å². The van der Waals surface area contributed by atoms with Crippen LogP contribution in [0.4, 0.5) is 0 Å². The van der Waals surface area contributed by atoms with Crippen molar-refractivity contribution in [2.45, 2.75) is 32.0 Å². The first kappa shape index (κ1) is 20.8. The van der Waals surface area contributed by atoms with Gasteiger partial charge < -0.3 is 15.0 Å². The van der Waals surface area contributed by atoms with Gasteiger partial charge in [0.2, 0.25) is 0 Å². The van der Waals surface area contributed by atoms with Crippen LogP contribution in [0.2, 0.25) is 0 Å². The lowest BCUT2D eigenvalue weighted by Crippen LogP contribution is -2.26. The summed E-state index contributed by atoms with van der Waals surface area (Å²) in [4.78, 5) is 6.44. The zero-order valence-electron chi connectivity index (χ0n) is 13.7. The van der Waals surface area contributed by atoms with E-state index in [1.807, 2.05) is 18.6 Å². The highest BCUT2D eigenvalue weighted by molar-refractivity contribution is 5.85. The van der Waals surface area contributed by atoms with Gasteiger partial charge in [0.15, 0.2) is 0 Å². The van der Waals surface area contributed by atoms with E-state index < -0.39 is 0 Å². The fourth-order valence-corrected chi connectivity index (χ4v) is 2.85. The van der Waals surface area contributed by atoms with E-state index in [0.29, 0.717) is 6.04 Å². The number of nitrogens with zero attached hydrogens (tertiary/aromatic N) is 3. The summed E-state index contributed by atoms with van der Waals surface area (Å²) >= 11 is 0. The Morgan fingerprint density at radius 1 is 1.29 bits per heavy atom. The molecule has 1 aliphatic rings. The fourth-order valence-electron chi connectivity index (χ4n) is 2.85. The molecule has 134 valence electrons. The molecule has 0 radical (unpaired) electrons. The molecule has 1 unspecified atom stereocenters. The van der Waals surface area contributed by atoms with Crippen LogP contribution in [0.3, 0.4) is 0 Å². The third-order valence-corrected chi connectivity index (χ3v) is 4.00. The number of aryl methyl sites for hydroxylation is 1. The third kappa shape index (κ3) is 6.32. The van der Waals surface area contributed by atoms with Gasteiger partial charge in [-0.1, -0.05) is 12.1 Å². The highest BCUT2D eigenvalue weighted by atomic mass is 35.5. The number of benzene rings is 1. The zero-order chi connectivity index (χ0) is 15.2. The van der Waals surface area contributed by atoms with Crippen molar-refractivity contribution < 1.29 is 4.74 Å². The summed E-state index contributed by atoms with van der Waals surface area (Å²) in [6.07, 6.45) is 7.68. The van der Waals surface area contributed by atoms with E-state index in [-0.39, 0.29) is 24.8 Å². The molecule has 0 amide bonds. The predicted octanol–water partition coefficient (Wildman–Crippen LogP) is 2.73. The minimum Gasteiger partial charge on any atom is -0.494 e. The van der Waals surface area contributed by atoms with Crippen molar-refractivity contribution in [2.75, 3.05) is 19.7 Å². The summed E-state index contributed by atoms with van der Waals surface area (Å²) in [6, 6.07) is 8.72. The van der Waals surface area contributed by atoms with E-state index in [4.69, 9.17) is 10.5 Å². The van der Waals surface area contributed by atoms with Gasteiger partial charge in [0.25, 0.3) is 0 Å². The minimum absolute atomic E-state index is 0. The average Bonchev–Trinajstić information content (AvgIpc) is 3.16. The lowest BCUT2D eigenvalue weighted by atomic mass is 10.2. The largest absolute Gasteiger partial charge is 0.494 e. The van der Waals surface area contributed by atoms with E-state index in [9.17, 15) is 0 Å². The molecule has 1 aromatic carbocycles. The average molecular weight is 373 g/mol. The van der Waals surface area contributed by atoms with Crippen LogP contribution in [0.25, 0.3) is 0 Å². The molecule has 0 bridgehead atoms. The number of aromatic nitrogens is 2. The molecule has 2 heterocycles. The molecule has 1 aliphatic heterocycles. The molecule has 2 N–H and O–H groups in total. The number of likely N-dealkylation sites (tertiary alicyclic amines) is 1. The van der Waals surface area contributed by atoms with E-state index in [0.717, 1.165) is 51.4 Å². The van der Waals surface area contributed by atoms with Gasteiger partial charge in [-0.2, -0.15) is 0 Å². The number of nitrogens with two attached hydrogens (primary N) is 1. The third-order valence-electron chi connectivity index (χ3n) is 4.00. The first-order valence-corrected chi connectivity index (χ1v) is 7.95. The van der Waals surface area contributed by atoms with Gasteiger partial charge in [-0.3, -0.25) is 4.90 Å². The van der Waals surface area contributed by atoms with Crippen molar-refractivity contribution in [1.29, 1.82) is 0 Å².